The lowest BCUT2D eigenvalue weighted by Gasteiger charge is -2.36. The molecule has 0 amide bonds. The summed E-state index contributed by atoms with van der Waals surface area (Å²) in [5, 5.41) is 0. The molecule has 0 atom stereocenters. The van der Waals surface area contributed by atoms with Crippen molar-refractivity contribution in [2.24, 2.45) is 0 Å². The number of hydrogen-bond acceptors (Lipinski definition) is 3. The van der Waals surface area contributed by atoms with Gasteiger partial charge in [0.2, 0.25) is 0 Å². The molecular formula is C33H58N2O. The highest BCUT2D eigenvalue weighted by atomic mass is 16.5. The second-order valence-electron chi connectivity index (χ2n) is 10.9. The quantitative estimate of drug-likeness (QED) is 0.110. The van der Waals surface area contributed by atoms with E-state index in [1.807, 2.05) is 6.08 Å². The van der Waals surface area contributed by atoms with Crippen LogP contribution in [0.2, 0.25) is 0 Å². The normalized spacial score (nSPS) is 14.3. The third-order valence-electron chi connectivity index (χ3n) is 7.72. The number of ether oxygens (including phenoxy) is 1. The third kappa shape index (κ3) is 14.9. The van der Waals surface area contributed by atoms with Crippen molar-refractivity contribution in [1.82, 2.24) is 4.90 Å². The molecule has 0 aliphatic carbocycles. The van der Waals surface area contributed by atoms with E-state index in [9.17, 15) is 0 Å². The number of rotatable bonds is 23. The summed E-state index contributed by atoms with van der Waals surface area (Å²) in [6, 6.07) is 8.77. The molecule has 0 N–H and O–H groups in total. The maximum Gasteiger partial charge on any atom is 0.119 e. The van der Waals surface area contributed by atoms with Gasteiger partial charge in [-0.05, 0) is 56.5 Å². The van der Waals surface area contributed by atoms with Gasteiger partial charge in [0.05, 0.1) is 6.61 Å². The molecule has 36 heavy (non-hydrogen) atoms. The number of hydrogen-bond donors (Lipinski definition) is 0. The maximum absolute atomic E-state index is 5.94. The van der Waals surface area contributed by atoms with Crippen molar-refractivity contribution >= 4 is 5.69 Å². The predicted octanol–water partition coefficient (Wildman–Crippen LogP) is 9.42. The third-order valence-corrected chi connectivity index (χ3v) is 7.72. The van der Waals surface area contributed by atoms with E-state index < -0.39 is 0 Å². The molecule has 0 unspecified atom stereocenters. The summed E-state index contributed by atoms with van der Waals surface area (Å²) in [6.07, 6.45) is 26.7. The minimum atomic E-state index is 0.825. The van der Waals surface area contributed by atoms with Crippen LogP contribution >= 0.6 is 0 Å². The lowest BCUT2D eigenvalue weighted by atomic mass is 10.0. The van der Waals surface area contributed by atoms with Crippen LogP contribution in [0.1, 0.15) is 122 Å². The molecule has 1 saturated heterocycles. The number of allylic oxidation sites excluding steroid dienone is 1. The van der Waals surface area contributed by atoms with Gasteiger partial charge in [0.25, 0.3) is 0 Å². The fraction of sp³-hybridized carbons (Fsp3) is 0.758. The first-order chi connectivity index (χ1) is 17.8. The van der Waals surface area contributed by atoms with E-state index in [4.69, 9.17) is 4.74 Å². The zero-order chi connectivity index (χ0) is 25.5. The minimum Gasteiger partial charge on any atom is -0.494 e. The van der Waals surface area contributed by atoms with Crippen LogP contribution in [0.5, 0.6) is 5.75 Å². The van der Waals surface area contributed by atoms with Crippen molar-refractivity contribution in [2.75, 3.05) is 44.2 Å². The molecule has 1 aliphatic rings. The minimum absolute atomic E-state index is 0.825. The number of benzene rings is 1. The second kappa shape index (κ2) is 21.6. The Hall–Kier alpha value is -1.48. The highest BCUT2D eigenvalue weighted by Crippen LogP contribution is 2.21. The summed E-state index contributed by atoms with van der Waals surface area (Å²) in [4.78, 5) is 5.20. The SMILES string of the molecule is C=CCCCCCCOc1ccc(N2CCN(CCCCCCCCCCCCCCC)CC2)cc1. The van der Waals surface area contributed by atoms with Gasteiger partial charge in [-0.3, -0.25) is 4.90 Å². The molecule has 1 aromatic carbocycles. The largest absolute Gasteiger partial charge is 0.494 e. The van der Waals surface area contributed by atoms with E-state index in [0.29, 0.717) is 0 Å². The summed E-state index contributed by atoms with van der Waals surface area (Å²) in [5.74, 6) is 1.01. The summed E-state index contributed by atoms with van der Waals surface area (Å²) >= 11 is 0. The molecular weight excluding hydrogens is 440 g/mol. The van der Waals surface area contributed by atoms with E-state index in [-0.39, 0.29) is 0 Å². The van der Waals surface area contributed by atoms with Crippen LogP contribution in [0.4, 0.5) is 5.69 Å². The topological polar surface area (TPSA) is 15.7 Å². The van der Waals surface area contributed by atoms with Crippen LogP contribution in [-0.2, 0) is 0 Å². The van der Waals surface area contributed by atoms with Gasteiger partial charge in [0.15, 0.2) is 0 Å². The summed E-state index contributed by atoms with van der Waals surface area (Å²) in [6.45, 7) is 12.9. The number of piperazine rings is 1. The molecule has 3 nitrogen and oxygen atoms in total. The number of anilines is 1. The Morgan fingerprint density at radius 3 is 1.78 bits per heavy atom. The van der Waals surface area contributed by atoms with Crippen molar-refractivity contribution in [3.8, 4) is 5.75 Å². The highest BCUT2D eigenvalue weighted by Gasteiger charge is 2.16. The molecule has 0 saturated carbocycles. The lowest BCUT2D eigenvalue weighted by molar-refractivity contribution is 0.252. The van der Waals surface area contributed by atoms with Gasteiger partial charge >= 0.3 is 0 Å². The van der Waals surface area contributed by atoms with E-state index in [1.165, 1.54) is 128 Å². The van der Waals surface area contributed by atoms with E-state index in [2.05, 4.69) is 47.6 Å². The smallest absolute Gasteiger partial charge is 0.119 e. The van der Waals surface area contributed by atoms with Crippen molar-refractivity contribution in [1.29, 1.82) is 0 Å². The first kappa shape index (κ1) is 30.7. The van der Waals surface area contributed by atoms with Crippen LogP contribution in [0, 0.1) is 0 Å². The van der Waals surface area contributed by atoms with E-state index in [0.717, 1.165) is 38.3 Å². The summed E-state index contributed by atoms with van der Waals surface area (Å²) in [5.41, 5.74) is 1.34. The van der Waals surface area contributed by atoms with Gasteiger partial charge in [0.1, 0.15) is 5.75 Å². The van der Waals surface area contributed by atoms with Gasteiger partial charge in [-0.25, -0.2) is 0 Å². The molecule has 0 radical (unpaired) electrons. The number of unbranched alkanes of at least 4 members (excludes halogenated alkanes) is 16. The Balaban J connectivity index is 1.42. The molecule has 206 valence electrons. The fourth-order valence-electron chi connectivity index (χ4n) is 5.27. The van der Waals surface area contributed by atoms with Crippen molar-refractivity contribution < 1.29 is 4.74 Å². The van der Waals surface area contributed by atoms with Gasteiger partial charge in [-0.1, -0.05) is 103 Å². The second-order valence-corrected chi connectivity index (χ2v) is 10.9. The molecule has 0 spiro atoms. The van der Waals surface area contributed by atoms with Crippen molar-refractivity contribution in [3.05, 3.63) is 36.9 Å². The average molecular weight is 499 g/mol. The number of nitrogens with zero attached hydrogens (tertiary/aromatic N) is 2. The van der Waals surface area contributed by atoms with E-state index in [1.54, 1.807) is 0 Å². The molecule has 1 aromatic rings. The van der Waals surface area contributed by atoms with Crippen molar-refractivity contribution in [3.63, 3.8) is 0 Å². The van der Waals surface area contributed by atoms with Gasteiger partial charge in [-0.15, -0.1) is 6.58 Å². The predicted molar refractivity (Wildman–Crippen MR) is 160 cm³/mol. The first-order valence-corrected chi connectivity index (χ1v) is 15.6. The molecule has 3 heteroatoms. The van der Waals surface area contributed by atoms with Crippen LogP contribution < -0.4 is 9.64 Å². The lowest BCUT2D eigenvalue weighted by Crippen LogP contribution is -2.46. The van der Waals surface area contributed by atoms with Gasteiger partial charge in [0, 0.05) is 31.9 Å². The van der Waals surface area contributed by atoms with E-state index >= 15 is 0 Å². The highest BCUT2D eigenvalue weighted by molar-refractivity contribution is 5.49. The molecule has 1 fully saturated rings. The average Bonchev–Trinajstić information content (AvgIpc) is 2.91. The molecule has 2 rings (SSSR count). The molecule has 1 heterocycles. The Labute approximate surface area is 224 Å². The standard InChI is InChI=1S/C33H58N2O/c1-3-5-7-9-11-12-13-14-15-16-17-18-20-26-34-27-29-35(30-28-34)32-22-24-33(25-23-32)36-31-21-19-10-8-6-4-2/h4,22-25H,2-3,5-21,26-31H2,1H3. The van der Waals surface area contributed by atoms with Crippen LogP contribution in [0.3, 0.4) is 0 Å². The zero-order valence-electron chi connectivity index (χ0n) is 23.9. The Morgan fingerprint density at radius 1 is 0.667 bits per heavy atom. The van der Waals surface area contributed by atoms with Gasteiger partial charge in [-0.2, -0.15) is 0 Å². The maximum atomic E-state index is 5.94. The van der Waals surface area contributed by atoms with Crippen LogP contribution in [0.25, 0.3) is 0 Å². The zero-order valence-corrected chi connectivity index (χ0v) is 23.9. The van der Waals surface area contributed by atoms with Crippen LogP contribution in [-0.4, -0.2) is 44.2 Å². The Kier molecular flexibility index (Phi) is 18.4. The molecule has 1 aliphatic heterocycles. The Morgan fingerprint density at radius 2 is 1.19 bits per heavy atom. The fourth-order valence-corrected chi connectivity index (χ4v) is 5.27. The first-order valence-electron chi connectivity index (χ1n) is 15.6. The monoisotopic (exact) mass is 498 g/mol. The van der Waals surface area contributed by atoms with Gasteiger partial charge < -0.3 is 9.64 Å². The molecule has 0 bridgehead atoms. The van der Waals surface area contributed by atoms with Crippen LogP contribution in [0.15, 0.2) is 36.9 Å². The van der Waals surface area contributed by atoms with Crippen molar-refractivity contribution in [2.45, 2.75) is 122 Å². The summed E-state index contributed by atoms with van der Waals surface area (Å²) < 4.78 is 5.94. The Bertz CT molecular complexity index is 621. The molecule has 0 aromatic heterocycles. The summed E-state index contributed by atoms with van der Waals surface area (Å²) in [7, 11) is 0.